The van der Waals surface area contributed by atoms with Gasteiger partial charge in [0.1, 0.15) is 5.54 Å². The van der Waals surface area contributed by atoms with Crippen LogP contribution in [0.15, 0.2) is 0 Å². The summed E-state index contributed by atoms with van der Waals surface area (Å²) in [5, 5.41) is 12.3. The predicted molar refractivity (Wildman–Crippen MR) is 85.8 cm³/mol. The van der Waals surface area contributed by atoms with E-state index in [0.717, 1.165) is 38.5 Å². The fourth-order valence-electron chi connectivity index (χ4n) is 3.66. The van der Waals surface area contributed by atoms with Crippen molar-refractivity contribution >= 4 is 17.8 Å². The lowest BCUT2D eigenvalue weighted by atomic mass is 9.75. The number of amides is 2. The Morgan fingerprint density at radius 1 is 1.26 bits per heavy atom. The van der Waals surface area contributed by atoms with Gasteiger partial charge in [-0.05, 0) is 44.4 Å². The van der Waals surface area contributed by atoms with Crippen molar-refractivity contribution in [3.05, 3.63) is 0 Å². The van der Waals surface area contributed by atoms with Crippen LogP contribution in [-0.2, 0) is 14.4 Å². The zero-order valence-electron chi connectivity index (χ0n) is 14.0. The van der Waals surface area contributed by atoms with Crippen LogP contribution in [0.3, 0.4) is 0 Å². The molecule has 0 spiro atoms. The van der Waals surface area contributed by atoms with Gasteiger partial charge in [-0.15, -0.1) is 0 Å². The first-order valence-corrected chi connectivity index (χ1v) is 8.79. The van der Waals surface area contributed by atoms with Gasteiger partial charge in [-0.25, -0.2) is 4.79 Å². The third-order valence-corrected chi connectivity index (χ3v) is 5.33. The highest BCUT2D eigenvalue weighted by Crippen LogP contribution is 2.34. The highest BCUT2D eigenvalue weighted by molar-refractivity contribution is 5.90. The van der Waals surface area contributed by atoms with E-state index in [4.69, 9.17) is 0 Å². The van der Waals surface area contributed by atoms with E-state index in [2.05, 4.69) is 12.2 Å². The van der Waals surface area contributed by atoms with E-state index >= 15 is 0 Å². The molecule has 1 aliphatic heterocycles. The smallest absolute Gasteiger partial charge is 0.329 e. The Morgan fingerprint density at radius 2 is 1.96 bits per heavy atom. The van der Waals surface area contributed by atoms with Gasteiger partial charge in [-0.1, -0.05) is 19.8 Å². The molecule has 6 nitrogen and oxygen atoms in total. The third kappa shape index (κ3) is 4.45. The van der Waals surface area contributed by atoms with Gasteiger partial charge in [-0.2, -0.15) is 0 Å². The molecule has 23 heavy (non-hydrogen) atoms. The van der Waals surface area contributed by atoms with E-state index in [1.807, 2.05) is 0 Å². The zero-order valence-corrected chi connectivity index (χ0v) is 14.0. The van der Waals surface area contributed by atoms with Crippen molar-refractivity contribution in [1.29, 1.82) is 0 Å². The number of aliphatic carboxylic acids is 1. The Bertz CT molecular complexity index is 456. The Labute approximate surface area is 137 Å². The van der Waals surface area contributed by atoms with E-state index in [1.165, 1.54) is 0 Å². The summed E-state index contributed by atoms with van der Waals surface area (Å²) in [6, 6.07) is 0. The third-order valence-electron chi connectivity index (χ3n) is 5.33. The maximum Gasteiger partial charge on any atom is 0.329 e. The minimum atomic E-state index is -1.16. The summed E-state index contributed by atoms with van der Waals surface area (Å²) in [5.74, 6) is -0.761. The van der Waals surface area contributed by atoms with E-state index in [9.17, 15) is 19.5 Å². The number of carboxylic acids is 1. The predicted octanol–water partition coefficient (Wildman–Crippen LogP) is 1.93. The highest BCUT2D eigenvalue weighted by atomic mass is 16.4. The molecule has 0 atom stereocenters. The summed E-state index contributed by atoms with van der Waals surface area (Å²) in [4.78, 5) is 37.6. The highest BCUT2D eigenvalue weighted by Gasteiger charge is 2.43. The van der Waals surface area contributed by atoms with Crippen LogP contribution in [0.2, 0.25) is 0 Å². The van der Waals surface area contributed by atoms with Crippen molar-refractivity contribution < 1.29 is 19.5 Å². The monoisotopic (exact) mass is 324 g/mol. The summed E-state index contributed by atoms with van der Waals surface area (Å²) < 4.78 is 0. The normalized spacial score (nSPS) is 29.0. The van der Waals surface area contributed by atoms with Gasteiger partial charge in [0.25, 0.3) is 0 Å². The second-order valence-corrected chi connectivity index (χ2v) is 6.91. The molecular weight excluding hydrogens is 296 g/mol. The number of likely N-dealkylation sites (tertiary alicyclic amines) is 1. The van der Waals surface area contributed by atoms with Crippen LogP contribution in [0.1, 0.15) is 64.7 Å². The number of nitrogens with zero attached hydrogens (tertiary/aromatic N) is 1. The van der Waals surface area contributed by atoms with E-state index in [-0.39, 0.29) is 18.4 Å². The van der Waals surface area contributed by atoms with Gasteiger partial charge in [-0.3, -0.25) is 9.59 Å². The molecule has 0 bridgehead atoms. The summed E-state index contributed by atoms with van der Waals surface area (Å²) >= 11 is 0. The Morgan fingerprint density at radius 3 is 2.57 bits per heavy atom. The van der Waals surface area contributed by atoms with Gasteiger partial charge >= 0.3 is 5.97 Å². The van der Waals surface area contributed by atoms with Crippen LogP contribution in [0.4, 0.5) is 0 Å². The molecule has 2 aliphatic rings. The maximum absolute atomic E-state index is 12.3. The van der Waals surface area contributed by atoms with Crippen molar-refractivity contribution in [1.82, 2.24) is 10.2 Å². The molecule has 6 heteroatoms. The topological polar surface area (TPSA) is 86.7 Å². The minimum absolute atomic E-state index is 0.00304. The number of carboxylic acid groups (broad SMARTS) is 1. The van der Waals surface area contributed by atoms with Crippen molar-refractivity contribution in [3.63, 3.8) is 0 Å². The second kappa shape index (κ2) is 7.79. The number of rotatable bonds is 5. The zero-order chi connectivity index (χ0) is 16.9. The molecule has 2 N–H and O–H groups in total. The van der Waals surface area contributed by atoms with Crippen molar-refractivity contribution in [2.45, 2.75) is 70.3 Å². The van der Waals surface area contributed by atoms with Crippen LogP contribution in [0, 0.1) is 5.92 Å². The van der Waals surface area contributed by atoms with Crippen LogP contribution < -0.4 is 5.32 Å². The first-order chi connectivity index (χ1) is 11.0. The van der Waals surface area contributed by atoms with E-state index < -0.39 is 11.5 Å². The molecule has 0 radical (unpaired) electrons. The average molecular weight is 324 g/mol. The standard InChI is InChI=1S/C17H28N2O4/c1-2-13-7-9-17(10-8-13,16(22)23)18-14(20)12-19-11-5-3-4-6-15(19)21/h13H,2-12H2,1H3,(H,18,20)(H,22,23). The van der Waals surface area contributed by atoms with E-state index in [1.54, 1.807) is 4.90 Å². The lowest BCUT2D eigenvalue weighted by Gasteiger charge is -2.37. The van der Waals surface area contributed by atoms with Crippen LogP contribution >= 0.6 is 0 Å². The number of hydrogen-bond acceptors (Lipinski definition) is 3. The number of carbonyl (C=O) groups is 3. The molecular formula is C17H28N2O4. The molecule has 0 aromatic rings. The van der Waals surface area contributed by atoms with Gasteiger partial charge in [0, 0.05) is 13.0 Å². The quantitative estimate of drug-likeness (QED) is 0.809. The Hall–Kier alpha value is -1.59. The summed E-state index contributed by atoms with van der Waals surface area (Å²) in [6.45, 7) is 2.68. The van der Waals surface area contributed by atoms with Crippen LogP contribution in [-0.4, -0.2) is 46.4 Å². The fourth-order valence-corrected chi connectivity index (χ4v) is 3.66. The molecule has 2 fully saturated rings. The summed E-state index contributed by atoms with van der Waals surface area (Å²) in [5.41, 5.74) is -1.16. The van der Waals surface area contributed by atoms with E-state index in [0.29, 0.717) is 31.7 Å². The SMILES string of the molecule is CCC1CCC(NC(=O)CN2CCCCCC2=O)(C(=O)O)CC1. The first kappa shape index (κ1) is 17.8. The Kier molecular flexibility index (Phi) is 6.02. The molecule has 0 unspecified atom stereocenters. The molecule has 1 saturated heterocycles. The van der Waals surface area contributed by atoms with Gasteiger partial charge < -0.3 is 15.3 Å². The number of nitrogens with one attached hydrogen (secondary N) is 1. The summed E-state index contributed by atoms with van der Waals surface area (Å²) in [7, 11) is 0. The first-order valence-electron chi connectivity index (χ1n) is 8.79. The second-order valence-electron chi connectivity index (χ2n) is 6.91. The molecule has 1 saturated carbocycles. The Balaban J connectivity index is 1.95. The largest absolute Gasteiger partial charge is 0.480 e. The number of hydrogen-bond donors (Lipinski definition) is 2. The molecule has 0 aromatic carbocycles. The molecule has 0 aromatic heterocycles. The molecule has 1 aliphatic carbocycles. The lowest BCUT2D eigenvalue weighted by molar-refractivity contribution is -0.150. The van der Waals surface area contributed by atoms with Crippen molar-refractivity contribution in [2.24, 2.45) is 5.92 Å². The van der Waals surface area contributed by atoms with Gasteiger partial charge in [0.15, 0.2) is 0 Å². The van der Waals surface area contributed by atoms with Gasteiger partial charge in [0.05, 0.1) is 6.54 Å². The van der Waals surface area contributed by atoms with Crippen LogP contribution in [0.25, 0.3) is 0 Å². The van der Waals surface area contributed by atoms with Crippen LogP contribution in [0.5, 0.6) is 0 Å². The number of carbonyl (C=O) groups excluding carboxylic acids is 2. The summed E-state index contributed by atoms with van der Waals surface area (Å²) in [6.07, 6.45) is 6.90. The minimum Gasteiger partial charge on any atom is -0.480 e. The molecule has 2 amide bonds. The molecule has 1 heterocycles. The van der Waals surface area contributed by atoms with Crippen molar-refractivity contribution in [3.8, 4) is 0 Å². The molecule has 2 rings (SSSR count). The van der Waals surface area contributed by atoms with Gasteiger partial charge in [0.2, 0.25) is 11.8 Å². The lowest BCUT2D eigenvalue weighted by Crippen LogP contribution is -2.58. The fraction of sp³-hybridized carbons (Fsp3) is 0.824. The average Bonchev–Trinajstić information content (AvgIpc) is 2.73. The van der Waals surface area contributed by atoms with Crippen molar-refractivity contribution in [2.75, 3.05) is 13.1 Å². The maximum atomic E-state index is 12.3. The molecule has 130 valence electrons.